The maximum absolute atomic E-state index is 13.4. The molecule has 1 fully saturated rings. The Balaban J connectivity index is 1.35. The summed E-state index contributed by atoms with van der Waals surface area (Å²) >= 11 is 0. The zero-order chi connectivity index (χ0) is 22.0. The van der Waals surface area contributed by atoms with Gasteiger partial charge in [-0.1, -0.05) is 17.3 Å². The first kappa shape index (κ1) is 21.0. The van der Waals surface area contributed by atoms with Crippen LogP contribution in [0.4, 0.5) is 17.6 Å². The normalized spacial score (nSPS) is 15.3. The lowest BCUT2D eigenvalue weighted by Crippen LogP contribution is -2.48. The molecule has 0 spiro atoms. The molecule has 1 aliphatic heterocycles. The lowest BCUT2D eigenvalue weighted by molar-refractivity contribution is -0.137. The predicted molar refractivity (Wildman–Crippen MR) is 102 cm³/mol. The number of halogens is 4. The maximum Gasteiger partial charge on any atom is 0.416 e. The molecule has 2 aromatic carbocycles. The van der Waals surface area contributed by atoms with Crippen LogP contribution in [-0.4, -0.2) is 52.0 Å². The van der Waals surface area contributed by atoms with E-state index in [9.17, 15) is 22.4 Å². The van der Waals surface area contributed by atoms with E-state index in [-0.39, 0.29) is 11.5 Å². The van der Waals surface area contributed by atoms with Gasteiger partial charge in [0.15, 0.2) is 5.82 Å². The van der Waals surface area contributed by atoms with Gasteiger partial charge in [0.1, 0.15) is 5.82 Å². The zero-order valence-corrected chi connectivity index (χ0v) is 16.3. The van der Waals surface area contributed by atoms with E-state index in [1.54, 1.807) is 12.1 Å². The Morgan fingerprint density at radius 2 is 1.77 bits per heavy atom. The molecule has 0 atom stereocenters. The van der Waals surface area contributed by atoms with Gasteiger partial charge in [0.2, 0.25) is 0 Å². The Morgan fingerprint density at radius 1 is 1.03 bits per heavy atom. The van der Waals surface area contributed by atoms with E-state index >= 15 is 0 Å². The highest BCUT2D eigenvalue weighted by atomic mass is 19.4. The Morgan fingerprint density at radius 3 is 2.48 bits per heavy atom. The molecular formula is C21H18F4N4O2. The van der Waals surface area contributed by atoms with Crippen molar-refractivity contribution in [3.8, 4) is 11.5 Å². The summed E-state index contributed by atoms with van der Waals surface area (Å²) in [6, 6.07) is 10.3. The molecule has 2 heterocycles. The number of hydrogen-bond acceptors (Lipinski definition) is 5. The highest BCUT2D eigenvalue weighted by Crippen LogP contribution is 2.30. The summed E-state index contributed by atoms with van der Waals surface area (Å²) in [6.45, 7) is 2.13. The summed E-state index contributed by atoms with van der Waals surface area (Å²) in [5.41, 5.74) is -0.348. The zero-order valence-electron chi connectivity index (χ0n) is 16.3. The fourth-order valence-electron chi connectivity index (χ4n) is 3.38. The van der Waals surface area contributed by atoms with Crippen LogP contribution in [0, 0.1) is 5.82 Å². The second-order valence-corrected chi connectivity index (χ2v) is 7.17. The van der Waals surface area contributed by atoms with E-state index in [1.165, 1.54) is 29.2 Å². The van der Waals surface area contributed by atoms with Crippen LogP contribution in [-0.2, 0) is 12.7 Å². The average Bonchev–Trinajstić information content (AvgIpc) is 3.22. The van der Waals surface area contributed by atoms with Crippen molar-refractivity contribution < 1.29 is 26.9 Å². The van der Waals surface area contributed by atoms with Gasteiger partial charge >= 0.3 is 6.18 Å². The molecule has 0 aliphatic carbocycles. The highest BCUT2D eigenvalue weighted by Gasteiger charge is 2.31. The van der Waals surface area contributed by atoms with Gasteiger partial charge in [-0.15, -0.1) is 0 Å². The third kappa shape index (κ3) is 4.91. The van der Waals surface area contributed by atoms with E-state index in [0.717, 1.165) is 12.1 Å². The minimum absolute atomic E-state index is 0.0150. The first-order valence-electron chi connectivity index (χ1n) is 9.57. The monoisotopic (exact) mass is 434 g/mol. The fraction of sp³-hybridized carbons (Fsp3) is 0.286. The first-order chi connectivity index (χ1) is 14.8. The largest absolute Gasteiger partial charge is 0.416 e. The molecule has 1 aliphatic rings. The van der Waals surface area contributed by atoms with Crippen LogP contribution in [0.25, 0.3) is 11.5 Å². The summed E-state index contributed by atoms with van der Waals surface area (Å²) in [6.07, 6.45) is -4.50. The van der Waals surface area contributed by atoms with Crippen molar-refractivity contribution >= 4 is 5.91 Å². The van der Waals surface area contributed by atoms with Crippen molar-refractivity contribution in [2.75, 3.05) is 26.2 Å². The van der Waals surface area contributed by atoms with Crippen molar-refractivity contribution in [2.45, 2.75) is 12.7 Å². The van der Waals surface area contributed by atoms with Gasteiger partial charge in [-0.3, -0.25) is 9.69 Å². The Kier molecular flexibility index (Phi) is 5.73. The standard InChI is InChI=1S/C21H18F4N4O2/c22-17-6-2-3-14(12-17)19-26-18(27-31-19)13-28-7-9-29(10-8-28)20(30)15-4-1-5-16(11-15)21(23,24)25/h1-6,11-12H,7-10,13H2. The Labute approximate surface area is 175 Å². The van der Waals surface area contributed by atoms with Gasteiger partial charge in [-0.05, 0) is 36.4 Å². The molecule has 1 aromatic heterocycles. The van der Waals surface area contributed by atoms with Gasteiger partial charge in [-0.2, -0.15) is 18.2 Å². The third-order valence-electron chi connectivity index (χ3n) is 5.00. The molecule has 6 nitrogen and oxygen atoms in total. The van der Waals surface area contributed by atoms with E-state index in [1.807, 2.05) is 4.90 Å². The molecule has 0 bridgehead atoms. The van der Waals surface area contributed by atoms with Crippen molar-refractivity contribution in [1.29, 1.82) is 0 Å². The van der Waals surface area contributed by atoms with Gasteiger partial charge < -0.3 is 9.42 Å². The van der Waals surface area contributed by atoms with E-state index in [4.69, 9.17) is 4.52 Å². The Hall–Kier alpha value is -3.27. The molecule has 1 amide bonds. The van der Waals surface area contributed by atoms with Crippen molar-refractivity contribution in [3.05, 3.63) is 71.3 Å². The van der Waals surface area contributed by atoms with Gasteiger partial charge in [0.05, 0.1) is 12.1 Å². The third-order valence-corrected chi connectivity index (χ3v) is 5.00. The molecule has 1 saturated heterocycles. The number of piperazine rings is 1. The number of aromatic nitrogens is 2. The second-order valence-electron chi connectivity index (χ2n) is 7.17. The smallest absolute Gasteiger partial charge is 0.336 e. The van der Waals surface area contributed by atoms with Crippen LogP contribution in [0.2, 0.25) is 0 Å². The van der Waals surface area contributed by atoms with Crippen LogP contribution in [0.3, 0.4) is 0 Å². The SMILES string of the molecule is O=C(c1cccc(C(F)(F)F)c1)N1CCN(Cc2noc(-c3cccc(F)c3)n2)CC1. The van der Waals surface area contributed by atoms with Crippen molar-refractivity contribution in [2.24, 2.45) is 0 Å². The summed E-state index contributed by atoms with van der Waals surface area (Å²) in [4.78, 5) is 20.4. The topological polar surface area (TPSA) is 62.5 Å². The summed E-state index contributed by atoms with van der Waals surface area (Å²) in [5, 5.41) is 3.91. The minimum atomic E-state index is -4.50. The van der Waals surface area contributed by atoms with E-state index in [0.29, 0.717) is 44.1 Å². The number of benzene rings is 2. The quantitative estimate of drug-likeness (QED) is 0.584. The molecule has 31 heavy (non-hydrogen) atoms. The summed E-state index contributed by atoms with van der Waals surface area (Å²) < 4.78 is 57.2. The van der Waals surface area contributed by atoms with Gasteiger partial charge in [0, 0.05) is 37.3 Å². The van der Waals surface area contributed by atoms with Gasteiger partial charge in [0.25, 0.3) is 11.8 Å². The molecule has 10 heteroatoms. The number of carbonyl (C=O) groups excluding carboxylic acids is 1. The van der Waals surface area contributed by atoms with Crippen LogP contribution in [0.5, 0.6) is 0 Å². The van der Waals surface area contributed by atoms with Gasteiger partial charge in [-0.25, -0.2) is 4.39 Å². The fourth-order valence-corrected chi connectivity index (χ4v) is 3.38. The molecule has 0 unspecified atom stereocenters. The molecule has 4 rings (SSSR count). The van der Waals surface area contributed by atoms with Crippen LogP contribution < -0.4 is 0 Å². The maximum atomic E-state index is 13.4. The lowest BCUT2D eigenvalue weighted by Gasteiger charge is -2.34. The average molecular weight is 434 g/mol. The molecule has 3 aromatic rings. The summed E-state index contributed by atoms with van der Waals surface area (Å²) in [5.74, 6) is -0.192. The van der Waals surface area contributed by atoms with Crippen LogP contribution in [0.15, 0.2) is 53.1 Å². The van der Waals surface area contributed by atoms with Crippen molar-refractivity contribution in [1.82, 2.24) is 19.9 Å². The number of amides is 1. The number of nitrogens with zero attached hydrogens (tertiary/aromatic N) is 4. The lowest BCUT2D eigenvalue weighted by atomic mass is 10.1. The number of rotatable bonds is 4. The van der Waals surface area contributed by atoms with E-state index in [2.05, 4.69) is 10.1 Å². The summed E-state index contributed by atoms with van der Waals surface area (Å²) in [7, 11) is 0. The molecule has 0 saturated carbocycles. The molecular weight excluding hydrogens is 416 g/mol. The molecule has 0 radical (unpaired) electrons. The highest BCUT2D eigenvalue weighted by molar-refractivity contribution is 5.94. The van der Waals surface area contributed by atoms with Crippen LogP contribution in [0.1, 0.15) is 21.7 Å². The molecule has 0 N–H and O–H groups in total. The van der Waals surface area contributed by atoms with Crippen molar-refractivity contribution in [3.63, 3.8) is 0 Å². The first-order valence-corrected chi connectivity index (χ1v) is 9.57. The number of hydrogen-bond donors (Lipinski definition) is 0. The van der Waals surface area contributed by atoms with E-state index < -0.39 is 23.5 Å². The molecule has 162 valence electrons. The van der Waals surface area contributed by atoms with Crippen LogP contribution >= 0.6 is 0 Å². The second kappa shape index (κ2) is 8.46. The number of alkyl halides is 3. The predicted octanol–water partition coefficient (Wildman–Crippen LogP) is 3.85. The minimum Gasteiger partial charge on any atom is -0.336 e. The Bertz CT molecular complexity index is 1070. The number of carbonyl (C=O) groups is 1.